The Bertz CT molecular complexity index is 1710. The first-order valence-corrected chi connectivity index (χ1v) is 13.1. The SMILES string of the molecule is CC1(C)c2ccccc2-c2cc3c4cccnc4n(-c4cccc(B5OC(C)(C)C(C)(C)O5)c4)c3cc21. The predicted molar refractivity (Wildman–Crippen MR) is 152 cm³/mol. The van der Waals surface area contributed by atoms with Crippen molar-refractivity contribution in [2.45, 2.75) is 58.2 Å². The maximum absolute atomic E-state index is 6.37. The second-order valence-corrected chi connectivity index (χ2v) is 12.0. The highest BCUT2D eigenvalue weighted by Gasteiger charge is 2.51. The van der Waals surface area contributed by atoms with E-state index in [1.807, 2.05) is 12.3 Å². The maximum Gasteiger partial charge on any atom is 0.494 e. The van der Waals surface area contributed by atoms with Crippen molar-refractivity contribution in [1.82, 2.24) is 9.55 Å². The third kappa shape index (κ3) is 3.08. The molecule has 3 heterocycles. The molecule has 5 aromatic rings. The summed E-state index contributed by atoms with van der Waals surface area (Å²) in [7, 11) is -0.413. The van der Waals surface area contributed by atoms with E-state index in [1.165, 1.54) is 33.2 Å². The van der Waals surface area contributed by atoms with Crippen molar-refractivity contribution in [1.29, 1.82) is 0 Å². The molecule has 2 aliphatic rings. The quantitative estimate of drug-likeness (QED) is 0.258. The van der Waals surface area contributed by atoms with Crippen LogP contribution in [0.25, 0.3) is 38.8 Å². The number of hydrogen-bond donors (Lipinski definition) is 0. The third-order valence-electron chi connectivity index (χ3n) is 8.88. The van der Waals surface area contributed by atoms with Gasteiger partial charge in [-0.25, -0.2) is 4.98 Å². The lowest BCUT2D eigenvalue weighted by molar-refractivity contribution is 0.00578. The molecular formula is C32H31BN2O2. The Kier molecular flexibility index (Phi) is 4.51. The minimum atomic E-state index is -0.413. The van der Waals surface area contributed by atoms with E-state index in [-0.39, 0.29) is 16.6 Å². The number of benzene rings is 3. The Hall–Kier alpha value is -3.41. The molecule has 184 valence electrons. The van der Waals surface area contributed by atoms with E-state index in [0.717, 1.165) is 22.2 Å². The molecule has 0 unspecified atom stereocenters. The topological polar surface area (TPSA) is 36.3 Å². The van der Waals surface area contributed by atoms with Gasteiger partial charge in [-0.1, -0.05) is 50.2 Å². The summed E-state index contributed by atoms with van der Waals surface area (Å²) in [6.07, 6.45) is 1.88. The first kappa shape index (κ1) is 22.8. The van der Waals surface area contributed by atoms with Gasteiger partial charge in [0.2, 0.25) is 0 Å². The van der Waals surface area contributed by atoms with Gasteiger partial charge in [-0.15, -0.1) is 0 Å². The largest absolute Gasteiger partial charge is 0.494 e. The lowest BCUT2D eigenvalue weighted by Crippen LogP contribution is -2.41. The molecule has 0 bridgehead atoms. The zero-order chi connectivity index (χ0) is 25.7. The number of nitrogens with zero attached hydrogens (tertiary/aromatic N) is 2. The summed E-state index contributed by atoms with van der Waals surface area (Å²) in [5.41, 5.74) is 8.74. The second kappa shape index (κ2) is 7.34. The van der Waals surface area contributed by atoms with Crippen LogP contribution in [-0.4, -0.2) is 27.9 Å². The van der Waals surface area contributed by atoms with Crippen LogP contribution < -0.4 is 5.46 Å². The number of pyridine rings is 1. The van der Waals surface area contributed by atoms with Crippen molar-refractivity contribution in [3.8, 4) is 16.8 Å². The Balaban J connectivity index is 1.46. The third-order valence-corrected chi connectivity index (χ3v) is 8.88. The molecule has 2 aromatic heterocycles. The van der Waals surface area contributed by atoms with Gasteiger partial charge in [0.1, 0.15) is 5.65 Å². The fourth-order valence-corrected chi connectivity index (χ4v) is 6.09. The van der Waals surface area contributed by atoms with Gasteiger partial charge in [0.25, 0.3) is 0 Å². The maximum atomic E-state index is 6.37. The highest BCUT2D eigenvalue weighted by Crippen LogP contribution is 2.50. The molecule has 0 atom stereocenters. The Morgan fingerprint density at radius 1 is 0.703 bits per heavy atom. The number of rotatable bonds is 2. The molecule has 7 rings (SSSR count). The van der Waals surface area contributed by atoms with Crippen molar-refractivity contribution in [2.75, 3.05) is 0 Å². The van der Waals surface area contributed by atoms with Gasteiger partial charge >= 0.3 is 7.12 Å². The highest BCUT2D eigenvalue weighted by molar-refractivity contribution is 6.62. The van der Waals surface area contributed by atoms with Gasteiger partial charge in [0.15, 0.2) is 0 Å². The molecule has 1 aliphatic carbocycles. The molecule has 0 spiro atoms. The lowest BCUT2D eigenvalue weighted by Gasteiger charge is -2.32. The summed E-state index contributed by atoms with van der Waals surface area (Å²) in [4.78, 5) is 4.85. The Labute approximate surface area is 218 Å². The van der Waals surface area contributed by atoms with Crippen LogP contribution in [0.3, 0.4) is 0 Å². The Morgan fingerprint density at radius 2 is 1.46 bits per heavy atom. The van der Waals surface area contributed by atoms with E-state index < -0.39 is 7.12 Å². The van der Waals surface area contributed by atoms with Crippen LogP contribution >= 0.6 is 0 Å². The smallest absolute Gasteiger partial charge is 0.399 e. The van der Waals surface area contributed by atoms with Gasteiger partial charge < -0.3 is 9.31 Å². The summed E-state index contributed by atoms with van der Waals surface area (Å²) in [5, 5.41) is 2.37. The van der Waals surface area contributed by atoms with E-state index in [1.54, 1.807) is 0 Å². The van der Waals surface area contributed by atoms with Crippen LogP contribution in [0.4, 0.5) is 0 Å². The van der Waals surface area contributed by atoms with E-state index in [2.05, 4.69) is 113 Å². The zero-order valence-electron chi connectivity index (χ0n) is 22.3. The van der Waals surface area contributed by atoms with Gasteiger partial charge in [-0.3, -0.25) is 4.57 Å². The molecule has 1 saturated heterocycles. The van der Waals surface area contributed by atoms with E-state index >= 15 is 0 Å². The van der Waals surface area contributed by atoms with Crippen LogP contribution in [0.1, 0.15) is 52.7 Å². The van der Waals surface area contributed by atoms with Crippen molar-refractivity contribution in [2.24, 2.45) is 0 Å². The van der Waals surface area contributed by atoms with Gasteiger partial charge in [0.05, 0.1) is 16.7 Å². The molecule has 0 radical (unpaired) electrons. The van der Waals surface area contributed by atoms with Gasteiger partial charge in [0, 0.05) is 28.1 Å². The van der Waals surface area contributed by atoms with Crippen LogP contribution in [0, 0.1) is 0 Å². The summed E-state index contributed by atoms with van der Waals surface area (Å²) >= 11 is 0. The fraction of sp³-hybridized carbons (Fsp3) is 0.281. The molecule has 0 saturated carbocycles. The normalized spacial score (nSPS) is 18.9. The summed E-state index contributed by atoms with van der Waals surface area (Å²) < 4.78 is 15.0. The van der Waals surface area contributed by atoms with Gasteiger partial charge in [-0.05, 0) is 91.8 Å². The van der Waals surface area contributed by atoms with Crippen LogP contribution in [-0.2, 0) is 14.7 Å². The first-order chi connectivity index (χ1) is 17.6. The van der Waals surface area contributed by atoms with E-state index in [9.17, 15) is 0 Å². The second-order valence-electron chi connectivity index (χ2n) is 12.0. The molecule has 0 amide bonds. The molecule has 0 N–H and O–H groups in total. The lowest BCUT2D eigenvalue weighted by atomic mass is 9.79. The van der Waals surface area contributed by atoms with E-state index in [4.69, 9.17) is 14.3 Å². The number of fused-ring (bicyclic) bond motifs is 6. The number of aromatic nitrogens is 2. The van der Waals surface area contributed by atoms with Crippen LogP contribution in [0.5, 0.6) is 0 Å². The first-order valence-electron chi connectivity index (χ1n) is 13.1. The minimum Gasteiger partial charge on any atom is -0.399 e. The molecule has 4 nitrogen and oxygen atoms in total. The average Bonchev–Trinajstić information content (AvgIpc) is 3.40. The molecule has 1 fully saturated rings. The van der Waals surface area contributed by atoms with Gasteiger partial charge in [-0.2, -0.15) is 0 Å². The molecule has 1 aliphatic heterocycles. The molecule has 3 aromatic carbocycles. The average molecular weight is 486 g/mol. The molecule has 5 heteroatoms. The molecular weight excluding hydrogens is 455 g/mol. The van der Waals surface area contributed by atoms with Crippen molar-refractivity contribution in [3.63, 3.8) is 0 Å². The van der Waals surface area contributed by atoms with Crippen molar-refractivity contribution < 1.29 is 9.31 Å². The Morgan fingerprint density at radius 3 is 2.24 bits per heavy atom. The predicted octanol–water partition coefficient (Wildman–Crippen LogP) is 6.78. The van der Waals surface area contributed by atoms with Crippen LogP contribution in [0.2, 0.25) is 0 Å². The molecule has 37 heavy (non-hydrogen) atoms. The fourth-order valence-electron chi connectivity index (χ4n) is 6.09. The number of hydrogen-bond acceptors (Lipinski definition) is 3. The minimum absolute atomic E-state index is 0.0701. The summed E-state index contributed by atoms with van der Waals surface area (Å²) in [5.74, 6) is 0. The summed E-state index contributed by atoms with van der Waals surface area (Å²) in [6, 6.07) is 26.3. The van der Waals surface area contributed by atoms with Crippen LogP contribution in [0.15, 0.2) is 79.0 Å². The van der Waals surface area contributed by atoms with E-state index in [0.29, 0.717) is 0 Å². The highest BCUT2D eigenvalue weighted by atomic mass is 16.7. The standard InChI is InChI=1S/C32H31BN2O2/c1-30(2)26-15-8-7-13-22(26)24-18-25-23-14-10-16-34-29(23)35(28(25)19-27(24)30)21-12-9-11-20(17-21)33-36-31(3,4)32(5,6)37-33/h7-19H,1-6H3. The monoisotopic (exact) mass is 486 g/mol. The van der Waals surface area contributed by atoms with Crippen molar-refractivity contribution in [3.05, 3.63) is 90.1 Å². The van der Waals surface area contributed by atoms with Crippen molar-refractivity contribution >= 4 is 34.5 Å². The zero-order valence-corrected chi connectivity index (χ0v) is 22.3. The summed E-state index contributed by atoms with van der Waals surface area (Å²) in [6.45, 7) is 13.0.